The predicted octanol–water partition coefficient (Wildman–Crippen LogP) is 3.24. The van der Waals surface area contributed by atoms with Gasteiger partial charge in [0.15, 0.2) is 0 Å². The van der Waals surface area contributed by atoms with Crippen molar-refractivity contribution in [2.45, 2.75) is 32.6 Å². The van der Waals surface area contributed by atoms with Crippen LogP contribution in [0.4, 0.5) is 26.7 Å². The Bertz CT molecular complexity index is 1430. The maximum Gasteiger partial charge on any atom is 0.428 e. The van der Waals surface area contributed by atoms with Crippen molar-refractivity contribution in [3.8, 4) is 5.75 Å². The summed E-state index contributed by atoms with van der Waals surface area (Å²) in [5.74, 6) is -0.629. The Morgan fingerprint density at radius 3 is 2.27 bits per heavy atom. The zero-order valence-corrected chi connectivity index (χ0v) is 24.6. The lowest BCUT2D eigenvalue weighted by molar-refractivity contribution is -0.120. The van der Waals surface area contributed by atoms with Crippen molar-refractivity contribution in [1.82, 2.24) is 5.32 Å². The van der Waals surface area contributed by atoms with Gasteiger partial charge in [0.1, 0.15) is 12.4 Å². The number of nitrogens with zero attached hydrogens (tertiary/aromatic N) is 2. The number of anilines is 3. The van der Waals surface area contributed by atoms with Crippen molar-refractivity contribution in [3.05, 3.63) is 47.5 Å². The van der Waals surface area contributed by atoms with E-state index in [0.29, 0.717) is 27.0 Å². The van der Waals surface area contributed by atoms with Crippen LogP contribution in [-0.4, -0.2) is 72.6 Å². The second kappa shape index (κ2) is 12.6. The number of ether oxygens (including phenoxy) is 3. The molecule has 0 radical (unpaired) electrons. The van der Waals surface area contributed by atoms with E-state index < -0.39 is 33.5 Å². The van der Waals surface area contributed by atoms with E-state index in [0.717, 1.165) is 6.26 Å². The van der Waals surface area contributed by atoms with E-state index in [9.17, 15) is 27.6 Å². The lowest BCUT2D eigenvalue weighted by Gasteiger charge is -2.30. The molecular weight excluding hydrogens is 556 g/mol. The van der Waals surface area contributed by atoms with Crippen LogP contribution in [-0.2, 0) is 29.7 Å². The van der Waals surface area contributed by atoms with E-state index in [4.69, 9.17) is 14.2 Å². The molecule has 1 heterocycles. The lowest BCUT2D eigenvalue weighted by Crippen LogP contribution is -2.49. The second-order valence-electron chi connectivity index (χ2n) is 10.2. The molecule has 1 aliphatic rings. The Kier molecular flexibility index (Phi) is 9.61. The van der Waals surface area contributed by atoms with Crippen molar-refractivity contribution in [2.24, 2.45) is 0 Å². The van der Waals surface area contributed by atoms with E-state index in [1.54, 1.807) is 6.07 Å². The number of sulfonamides is 1. The summed E-state index contributed by atoms with van der Waals surface area (Å²) in [6.07, 6.45) is -0.118. The number of methoxy groups -OCH3 is 2. The molecule has 0 aliphatic carbocycles. The first kappa shape index (κ1) is 31.4. The predicted molar refractivity (Wildman–Crippen MR) is 152 cm³/mol. The van der Waals surface area contributed by atoms with Crippen LogP contribution in [0, 0.1) is 0 Å². The number of nitrogens with one attached hydrogen (secondary N) is 2. The number of hydrogen-bond acceptors (Lipinski definition) is 9. The van der Waals surface area contributed by atoms with Crippen molar-refractivity contribution in [1.29, 1.82) is 0 Å². The zero-order chi connectivity index (χ0) is 30.5. The first-order chi connectivity index (χ1) is 19.2. The Balaban J connectivity index is 1.94. The molecule has 1 fully saturated rings. The molecule has 3 rings (SSSR count). The molecule has 0 unspecified atom stereocenters. The first-order valence-electron chi connectivity index (χ1n) is 12.6. The summed E-state index contributed by atoms with van der Waals surface area (Å²) in [7, 11) is -1.18. The van der Waals surface area contributed by atoms with Crippen molar-refractivity contribution < 1.29 is 41.8 Å². The molecule has 0 bridgehead atoms. The Labute approximate surface area is 238 Å². The fourth-order valence-corrected chi connectivity index (χ4v) is 4.94. The highest BCUT2D eigenvalue weighted by Crippen LogP contribution is 2.38. The Morgan fingerprint density at radius 1 is 1.07 bits per heavy atom. The highest BCUT2D eigenvalue weighted by Gasteiger charge is 2.31. The van der Waals surface area contributed by atoms with E-state index in [2.05, 4.69) is 10.6 Å². The molecule has 1 saturated heterocycles. The molecule has 41 heavy (non-hydrogen) atoms. The summed E-state index contributed by atoms with van der Waals surface area (Å²) >= 11 is 0. The van der Waals surface area contributed by atoms with Gasteiger partial charge in [-0.1, -0.05) is 20.8 Å². The van der Waals surface area contributed by atoms with Gasteiger partial charge < -0.3 is 19.5 Å². The third kappa shape index (κ3) is 7.52. The van der Waals surface area contributed by atoms with Crippen LogP contribution in [0.2, 0.25) is 0 Å². The largest absolute Gasteiger partial charge is 0.496 e. The van der Waals surface area contributed by atoms with Crippen LogP contribution in [0.5, 0.6) is 5.75 Å². The molecule has 13 nitrogen and oxygen atoms in total. The van der Waals surface area contributed by atoms with E-state index in [1.807, 2.05) is 20.8 Å². The molecule has 222 valence electrons. The van der Waals surface area contributed by atoms with Crippen LogP contribution in [0.3, 0.4) is 0 Å². The SMILES string of the molecule is COCCOC(=O)N(c1ccc(NC(=O)c2cc(N3CCC(=O)NC3=O)cc(C(C)(C)C)c2OC)cc1)S(C)(=O)=O. The van der Waals surface area contributed by atoms with Crippen LogP contribution >= 0.6 is 0 Å². The number of benzene rings is 2. The number of urea groups is 1. The number of hydrogen-bond donors (Lipinski definition) is 2. The highest BCUT2D eigenvalue weighted by atomic mass is 32.2. The first-order valence-corrected chi connectivity index (χ1v) is 14.4. The summed E-state index contributed by atoms with van der Waals surface area (Å²) in [6.45, 7) is 5.90. The number of carbonyl (C=O) groups is 4. The van der Waals surface area contributed by atoms with Gasteiger partial charge in [0, 0.05) is 37.0 Å². The molecular formula is C27H34N4O9S. The number of amides is 5. The van der Waals surface area contributed by atoms with Crippen LogP contribution in [0.25, 0.3) is 0 Å². The minimum absolute atomic E-state index is 0.00757. The molecule has 0 saturated carbocycles. The van der Waals surface area contributed by atoms with Crippen LogP contribution in [0.1, 0.15) is 43.1 Å². The van der Waals surface area contributed by atoms with Crippen LogP contribution < -0.4 is 24.6 Å². The molecule has 2 aromatic carbocycles. The summed E-state index contributed by atoms with van der Waals surface area (Å²) in [4.78, 5) is 51.5. The maximum atomic E-state index is 13.5. The van der Waals surface area contributed by atoms with Gasteiger partial charge in [0.2, 0.25) is 15.9 Å². The Hall–Kier alpha value is -4.17. The summed E-state index contributed by atoms with van der Waals surface area (Å²) in [5.41, 5.74) is 1.05. The van der Waals surface area contributed by atoms with Crippen LogP contribution in [0.15, 0.2) is 36.4 Å². The summed E-state index contributed by atoms with van der Waals surface area (Å²) in [6, 6.07) is 8.22. The number of imide groups is 1. The quantitative estimate of drug-likeness (QED) is 0.418. The third-order valence-electron chi connectivity index (χ3n) is 6.07. The number of rotatable bonds is 9. The van der Waals surface area contributed by atoms with Gasteiger partial charge in [0.05, 0.1) is 31.2 Å². The van der Waals surface area contributed by atoms with Gasteiger partial charge in [-0.15, -0.1) is 0 Å². The Morgan fingerprint density at radius 2 is 1.73 bits per heavy atom. The van der Waals surface area contributed by atoms with E-state index in [1.165, 1.54) is 49.5 Å². The van der Waals surface area contributed by atoms with Gasteiger partial charge >= 0.3 is 12.1 Å². The van der Waals surface area contributed by atoms with Gasteiger partial charge in [0.25, 0.3) is 5.91 Å². The minimum Gasteiger partial charge on any atom is -0.496 e. The fraction of sp³-hybridized carbons (Fsp3) is 0.407. The second-order valence-corrected chi connectivity index (χ2v) is 12.0. The van der Waals surface area contributed by atoms with Crippen molar-refractivity contribution >= 4 is 51.0 Å². The molecule has 14 heteroatoms. The standard InChI is InChI=1S/C27H34N4O9S/c1-27(2,3)21-16-19(30-12-11-22(32)29-25(30)34)15-20(23(21)39-5)24(33)28-17-7-9-18(10-8-17)31(41(6,36)37)26(35)40-14-13-38-4/h7-10,15-16H,11-14H2,1-6H3,(H,28,33)(H,29,32,34). The zero-order valence-electron chi connectivity index (χ0n) is 23.8. The topological polar surface area (TPSA) is 161 Å². The molecule has 1 aliphatic heterocycles. The molecule has 0 atom stereocenters. The van der Waals surface area contributed by atoms with Crippen molar-refractivity contribution in [3.63, 3.8) is 0 Å². The van der Waals surface area contributed by atoms with E-state index in [-0.39, 0.29) is 43.3 Å². The molecule has 5 amide bonds. The molecule has 0 spiro atoms. The smallest absolute Gasteiger partial charge is 0.428 e. The van der Waals surface area contributed by atoms with Gasteiger partial charge in [-0.25, -0.2) is 18.0 Å². The number of carbonyl (C=O) groups excluding carboxylic acids is 4. The molecule has 2 aromatic rings. The average molecular weight is 591 g/mol. The maximum absolute atomic E-state index is 13.5. The van der Waals surface area contributed by atoms with Gasteiger partial charge in [-0.3, -0.25) is 19.8 Å². The third-order valence-corrected chi connectivity index (χ3v) is 7.09. The van der Waals surface area contributed by atoms with Gasteiger partial charge in [-0.2, -0.15) is 4.31 Å². The minimum atomic E-state index is -4.03. The van der Waals surface area contributed by atoms with Gasteiger partial charge in [-0.05, 0) is 41.8 Å². The lowest BCUT2D eigenvalue weighted by atomic mass is 9.84. The molecule has 2 N–H and O–H groups in total. The average Bonchev–Trinajstić information content (AvgIpc) is 2.88. The monoisotopic (exact) mass is 590 g/mol. The highest BCUT2D eigenvalue weighted by molar-refractivity contribution is 7.92. The fourth-order valence-electron chi connectivity index (χ4n) is 4.11. The van der Waals surface area contributed by atoms with E-state index >= 15 is 0 Å². The normalized spacial score (nSPS) is 13.9. The summed E-state index contributed by atoms with van der Waals surface area (Å²) < 4.78 is 40.5. The summed E-state index contributed by atoms with van der Waals surface area (Å²) in [5, 5.41) is 5.02. The van der Waals surface area contributed by atoms with Crippen molar-refractivity contribution in [2.75, 3.05) is 54.8 Å². The molecule has 0 aromatic heterocycles.